The summed E-state index contributed by atoms with van der Waals surface area (Å²) in [7, 11) is -3.76. The van der Waals surface area contributed by atoms with Gasteiger partial charge in [0.05, 0.1) is 11.3 Å². The zero-order chi connectivity index (χ0) is 15.8. The molecule has 6 nitrogen and oxygen atoms in total. The van der Waals surface area contributed by atoms with Crippen molar-refractivity contribution in [1.82, 2.24) is 4.72 Å². The van der Waals surface area contributed by atoms with Gasteiger partial charge < -0.3 is 10.4 Å². The van der Waals surface area contributed by atoms with Gasteiger partial charge in [0.1, 0.15) is 0 Å². The van der Waals surface area contributed by atoms with Crippen LogP contribution in [0.15, 0.2) is 21.5 Å². The van der Waals surface area contributed by atoms with Crippen LogP contribution in [0.25, 0.3) is 0 Å². The van der Waals surface area contributed by atoms with Crippen molar-refractivity contribution in [3.8, 4) is 0 Å². The van der Waals surface area contributed by atoms with Crippen LogP contribution in [0.5, 0.6) is 0 Å². The van der Waals surface area contributed by atoms with Gasteiger partial charge in [0.15, 0.2) is 0 Å². The summed E-state index contributed by atoms with van der Waals surface area (Å²) >= 11 is 3.23. The van der Waals surface area contributed by atoms with Crippen molar-refractivity contribution >= 4 is 37.5 Å². The number of nitrogens with one attached hydrogen (secondary N) is 2. The molecule has 1 amide bonds. The Hall–Kier alpha value is -0.960. The molecule has 0 fully saturated rings. The molecule has 1 aromatic carbocycles. The number of rotatable bonds is 5. The van der Waals surface area contributed by atoms with Crippen molar-refractivity contribution in [3.05, 3.63) is 22.2 Å². The summed E-state index contributed by atoms with van der Waals surface area (Å²) < 4.78 is 27.9. The summed E-state index contributed by atoms with van der Waals surface area (Å²) in [5.41, 5.74) is 0.518. The third-order valence-corrected chi connectivity index (χ3v) is 5.88. The molecule has 0 aromatic heterocycles. The lowest BCUT2D eigenvalue weighted by atomic mass is 10.0. The fourth-order valence-corrected chi connectivity index (χ4v) is 4.72. The molecule has 0 saturated carbocycles. The van der Waals surface area contributed by atoms with Crippen LogP contribution in [-0.2, 0) is 21.2 Å². The predicted molar refractivity (Wildman–Crippen MR) is 82.6 cm³/mol. The number of carbonyl (C=O) groups is 1. The van der Waals surface area contributed by atoms with Gasteiger partial charge in [-0.2, -0.15) is 0 Å². The summed E-state index contributed by atoms with van der Waals surface area (Å²) in [4.78, 5) is 11.5. The maximum Gasteiger partial charge on any atom is 0.242 e. The second-order valence-electron chi connectivity index (χ2n) is 5.63. The molecule has 1 heterocycles. The van der Waals surface area contributed by atoms with E-state index < -0.39 is 15.6 Å². The summed E-state index contributed by atoms with van der Waals surface area (Å²) in [5, 5.41) is 11.7. The Bertz CT molecular complexity index is 686. The van der Waals surface area contributed by atoms with Gasteiger partial charge in [0.25, 0.3) is 0 Å². The molecule has 1 aliphatic heterocycles. The first-order chi connectivity index (χ1) is 9.64. The molecule has 8 heteroatoms. The number of carbonyl (C=O) groups excluding carboxylic acids is 1. The average Bonchev–Trinajstić information content (AvgIpc) is 2.65. The molecule has 21 heavy (non-hydrogen) atoms. The van der Waals surface area contributed by atoms with Crippen LogP contribution in [0, 0.1) is 0 Å². The van der Waals surface area contributed by atoms with Gasteiger partial charge in [-0.25, -0.2) is 13.1 Å². The topological polar surface area (TPSA) is 95.5 Å². The van der Waals surface area contributed by atoms with Crippen LogP contribution >= 0.6 is 15.9 Å². The van der Waals surface area contributed by atoms with Gasteiger partial charge in [0.2, 0.25) is 15.9 Å². The summed E-state index contributed by atoms with van der Waals surface area (Å²) in [6, 6.07) is 3.09. The van der Waals surface area contributed by atoms with E-state index in [1.54, 1.807) is 19.9 Å². The van der Waals surface area contributed by atoms with Crippen molar-refractivity contribution in [2.75, 3.05) is 11.9 Å². The normalized spacial score (nSPS) is 15.0. The number of aliphatic hydroxyl groups excluding tert-OH is 1. The van der Waals surface area contributed by atoms with E-state index >= 15 is 0 Å². The Kier molecular flexibility index (Phi) is 4.44. The Morgan fingerprint density at radius 1 is 1.43 bits per heavy atom. The lowest BCUT2D eigenvalue weighted by molar-refractivity contribution is -0.115. The number of anilines is 1. The van der Waals surface area contributed by atoms with Gasteiger partial charge in [0, 0.05) is 22.3 Å². The number of amides is 1. The van der Waals surface area contributed by atoms with E-state index in [2.05, 4.69) is 26.0 Å². The Labute approximate surface area is 132 Å². The molecular weight excluding hydrogens is 360 g/mol. The molecule has 1 aromatic rings. The van der Waals surface area contributed by atoms with Gasteiger partial charge >= 0.3 is 0 Å². The van der Waals surface area contributed by atoms with Crippen LogP contribution in [0.1, 0.15) is 25.8 Å². The largest absolute Gasteiger partial charge is 0.396 e. The molecular formula is C13H17BrN2O4S. The zero-order valence-corrected chi connectivity index (χ0v) is 14.1. The molecule has 0 saturated heterocycles. The highest BCUT2D eigenvalue weighted by molar-refractivity contribution is 9.10. The molecule has 1 aliphatic rings. The fraction of sp³-hybridized carbons (Fsp3) is 0.462. The first-order valence-electron chi connectivity index (χ1n) is 6.42. The van der Waals surface area contributed by atoms with Crippen molar-refractivity contribution < 1.29 is 18.3 Å². The number of halogens is 1. The van der Waals surface area contributed by atoms with E-state index in [9.17, 15) is 13.2 Å². The zero-order valence-electron chi connectivity index (χ0n) is 11.7. The summed E-state index contributed by atoms with van der Waals surface area (Å²) in [5.74, 6) is -0.153. The SMILES string of the molecule is CC(C)(CCO)NS(=O)(=O)c1cc2c(cc1Br)NC(=O)C2. The fourth-order valence-electron chi connectivity index (χ4n) is 2.18. The lowest BCUT2D eigenvalue weighted by Crippen LogP contribution is -2.44. The maximum absolute atomic E-state index is 12.5. The van der Waals surface area contributed by atoms with Crippen LogP contribution in [0.3, 0.4) is 0 Å². The first-order valence-corrected chi connectivity index (χ1v) is 8.69. The minimum atomic E-state index is -3.76. The summed E-state index contributed by atoms with van der Waals surface area (Å²) in [6.45, 7) is 3.29. The molecule has 0 aliphatic carbocycles. The maximum atomic E-state index is 12.5. The highest BCUT2D eigenvalue weighted by Crippen LogP contribution is 2.33. The van der Waals surface area contributed by atoms with Crippen molar-refractivity contribution in [1.29, 1.82) is 0 Å². The number of hydrogen-bond acceptors (Lipinski definition) is 4. The Balaban J connectivity index is 2.38. The minimum absolute atomic E-state index is 0.0868. The van der Waals surface area contributed by atoms with Crippen LogP contribution in [0.4, 0.5) is 5.69 Å². The van der Waals surface area contributed by atoms with Gasteiger partial charge in [-0.05, 0) is 53.9 Å². The highest BCUT2D eigenvalue weighted by atomic mass is 79.9. The second kappa shape index (κ2) is 5.68. The van der Waals surface area contributed by atoms with Gasteiger partial charge in [-0.15, -0.1) is 0 Å². The molecule has 0 bridgehead atoms. The molecule has 116 valence electrons. The quantitative estimate of drug-likeness (QED) is 0.723. The minimum Gasteiger partial charge on any atom is -0.396 e. The predicted octanol–water partition coefficient (Wildman–Crippen LogP) is 1.38. The van der Waals surface area contributed by atoms with Crippen LogP contribution < -0.4 is 10.0 Å². The Morgan fingerprint density at radius 2 is 2.10 bits per heavy atom. The van der Waals surface area contributed by atoms with E-state index in [1.165, 1.54) is 6.07 Å². The van der Waals surface area contributed by atoms with Crippen molar-refractivity contribution in [3.63, 3.8) is 0 Å². The summed E-state index contributed by atoms with van der Waals surface area (Å²) in [6.07, 6.45) is 0.472. The lowest BCUT2D eigenvalue weighted by Gasteiger charge is -2.25. The number of fused-ring (bicyclic) bond motifs is 1. The molecule has 0 spiro atoms. The second-order valence-corrected chi connectivity index (χ2v) is 8.13. The van der Waals surface area contributed by atoms with Crippen LogP contribution in [-0.4, -0.2) is 31.6 Å². The Morgan fingerprint density at radius 3 is 2.71 bits per heavy atom. The number of hydrogen-bond donors (Lipinski definition) is 3. The molecule has 3 N–H and O–H groups in total. The number of benzene rings is 1. The standard InChI is InChI=1S/C13H17BrN2O4S/c1-13(2,3-4-17)16-21(19,20)11-5-8-6-12(18)15-10(8)7-9(11)14/h5,7,16-17H,3-4,6H2,1-2H3,(H,15,18). The first kappa shape index (κ1) is 16.4. The van der Waals surface area contributed by atoms with Crippen molar-refractivity contribution in [2.24, 2.45) is 0 Å². The third-order valence-electron chi connectivity index (χ3n) is 3.22. The third kappa shape index (κ3) is 3.63. The van der Waals surface area contributed by atoms with E-state index in [0.717, 1.165) is 0 Å². The monoisotopic (exact) mass is 376 g/mol. The molecule has 0 atom stereocenters. The van der Waals surface area contributed by atoms with E-state index in [1.807, 2.05) is 0 Å². The van der Waals surface area contributed by atoms with E-state index in [4.69, 9.17) is 5.11 Å². The van der Waals surface area contributed by atoms with Crippen LogP contribution in [0.2, 0.25) is 0 Å². The molecule has 0 radical (unpaired) electrons. The van der Waals surface area contributed by atoms with Crippen molar-refractivity contribution in [2.45, 2.75) is 37.1 Å². The highest BCUT2D eigenvalue weighted by Gasteiger charge is 2.29. The van der Waals surface area contributed by atoms with E-state index in [-0.39, 0.29) is 23.8 Å². The smallest absolute Gasteiger partial charge is 0.242 e. The van der Waals surface area contributed by atoms with Gasteiger partial charge in [-0.1, -0.05) is 0 Å². The number of aliphatic hydroxyl groups is 1. The molecule has 0 unspecified atom stereocenters. The van der Waals surface area contributed by atoms with Gasteiger partial charge in [-0.3, -0.25) is 4.79 Å². The molecule has 2 rings (SSSR count). The number of sulfonamides is 1. The average molecular weight is 377 g/mol. The van der Waals surface area contributed by atoms with E-state index in [0.29, 0.717) is 22.1 Å².